The zero-order valence-corrected chi connectivity index (χ0v) is 12.5. The molecule has 0 amide bonds. The van der Waals surface area contributed by atoms with Gasteiger partial charge in [-0.25, -0.2) is 0 Å². The van der Waals surface area contributed by atoms with E-state index in [0.717, 1.165) is 31.6 Å². The summed E-state index contributed by atoms with van der Waals surface area (Å²) in [7, 11) is 0. The molecule has 0 bridgehead atoms. The molecule has 1 aromatic heterocycles. The number of aryl methyl sites for hydroxylation is 1. The van der Waals surface area contributed by atoms with Crippen LogP contribution in [0.4, 0.5) is 0 Å². The fraction of sp³-hybridized carbons (Fsp3) is 0.500. The number of ether oxygens (including phenoxy) is 1. The molecule has 2 atom stereocenters. The van der Waals surface area contributed by atoms with Gasteiger partial charge in [-0.1, -0.05) is 17.7 Å². The predicted molar refractivity (Wildman–Crippen MR) is 79.9 cm³/mol. The van der Waals surface area contributed by atoms with Gasteiger partial charge < -0.3 is 14.5 Å². The molecular weight excluding hydrogens is 266 g/mol. The Morgan fingerprint density at radius 3 is 2.81 bits per heavy atom. The Morgan fingerprint density at radius 1 is 1.29 bits per heavy atom. The maximum atomic E-state index is 5.76. The highest BCUT2D eigenvalue weighted by Crippen LogP contribution is 2.21. The van der Waals surface area contributed by atoms with E-state index in [0.29, 0.717) is 17.9 Å². The van der Waals surface area contributed by atoms with Crippen LogP contribution in [0.25, 0.3) is 11.5 Å². The molecular formula is C16H21N3O2. The first-order valence-electron chi connectivity index (χ1n) is 7.48. The molecule has 0 radical (unpaired) electrons. The zero-order valence-electron chi connectivity index (χ0n) is 12.5. The van der Waals surface area contributed by atoms with E-state index in [1.54, 1.807) is 0 Å². The van der Waals surface area contributed by atoms with E-state index in [4.69, 9.17) is 9.15 Å². The van der Waals surface area contributed by atoms with Gasteiger partial charge in [0.15, 0.2) is 0 Å². The highest BCUT2D eigenvalue weighted by atomic mass is 16.5. The van der Waals surface area contributed by atoms with Gasteiger partial charge in [0, 0.05) is 18.7 Å². The van der Waals surface area contributed by atoms with E-state index < -0.39 is 0 Å². The number of benzene rings is 1. The van der Waals surface area contributed by atoms with E-state index in [1.807, 2.05) is 31.2 Å². The first kappa shape index (κ1) is 14.2. The highest BCUT2D eigenvalue weighted by Gasteiger charge is 2.19. The van der Waals surface area contributed by atoms with Crippen LogP contribution in [0.5, 0.6) is 0 Å². The monoisotopic (exact) mass is 287 g/mol. The van der Waals surface area contributed by atoms with Gasteiger partial charge >= 0.3 is 0 Å². The lowest BCUT2D eigenvalue weighted by Gasteiger charge is -2.13. The first-order chi connectivity index (χ1) is 10.2. The van der Waals surface area contributed by atoms with Crippen molar-refractivity contribution in [1.82, 2.24) is 15.5 Å². The van der Waals surface area contributed by atoms with Gasteiger partial charge in [0.1, 0.15) is 0 Å². The van der Waals surface area contributed by atoms with E-state index in [9.17, 15) is 0 Å². The molecule has 3 rings (SSSR count). The maximum absolute atomic E-state index is 5.76. The van der Waals surface area contributed by atoms with E-state index >= 15 is 0 Å². The smallest absolute Gasteiger partial charge is 0.247 e. The molecule has 1 saturated heterocycles. The molecule has 1 aromatic carbocycles. The summed E-state index contributed by atoms with van der Waals surface area (Å²) in [5.41, 5.74) is 2.16. The second-order valence-electron chi connectivity index (χ2n) is 5.58. The number of rotatable bonds is 5. The molecule has 1 aliphatic heterocycles. The van der Waals surface area contributed by atoms with Gasteiger partial charge in [0.05, 0.1) is 12.1 Å². The highest BCUT2D eigenvalue weighted by molar-refractivity contribution is 5.52. The van der Waals surface area contributed by atoms with Crippen molar-refractivity contribution < 1.29 is 9.15 Å². The summed E-state index contributed by atoms with van der Waals surface area (Å²) in [6.45, 7) is 5.78. The quantitative estimate of drug-likeness (QED) is 0.916. The molecule has 1 N–H and O–H groups in total. The number of nitrogens with one attached hydrogen (secondary N) is 1. The molecule has 0 spiro atoms. The standard InChI is InChI=1S/C16H21N3O2/c1-11-5-7-13(8-6-11)16-19-18-15(21-16)12(2)17-10-14-4-3-9-20-14/h5-8,12,14,17H,3-4,9-10H2,1-2H3/t12?,14-/m0/s1. The summed E-state index contributed by atoms with van der Waals surface area (Å²) in [5, 5.41) is 11.7. The Kier molecular flexibility index (Phi) is 4.31. The van der Waals surface area contributed by atoms with Crippen LogP contribution in [-0.2, 0) is 4.74 Å². The molecule has 5 heteroatoms. The molecule has 1 fully saturated rings. The fourth-order valence-electron chi connectivity index (χ4n) is 2.42. The molecule has 1 unspecified atom stereocenters. The minimum atomic E-state index is 0.0286. The third-order valence-electron chi connectivity index (χ3n) is 3.79. The van der Waals surface area contributed by atoms with Gasteiger partial charge in [0.25, 0.3) is 0 Å². The van der Waals surface area contributed by atoms with Crippen molar-refractivity contribution >= 4 is 0 Å². The Bertz CT molecular complexity index is 573. The molecule has 2 heterocycles. The lowest BCUT2D eigenvalue weighted by molar-refractivity contribution is 0.107. The minimum absolute atomic E-state index is 0.0286. The Hall–Kier alpha value is -1.72. The maximum Gasteiger partial charge on any atom is 0.247 e. The molecule has 1 aliphatic rings. The van der Waals surface area contributed by atoms with Crippen molar-refractivity contribution in [2.45, 2.75) is 38.8 Å². The number of hydrogen-bond acceptors (Lipinski definition) is 5. The lowest BCUT2D eigenvalue weighted by Crippen LogP contribution is -2.28. The largest absolute Gasteiger partial charge is 0.419 e. The summed E-state index contributed by atoms with van der Waals surface area (Å²) < 4.78 is 11.4. The topological polar surface area (TPSA) is 60.2 Å². The molecule has 112 valence electrons. The zero-order chi connectivity index (χ0) is 14.7. The molecule has 0 saturated carbocycles. The third-order valence-corrected chi connectivity index (χ3v) is 3.79. The van der Waals surface area contributed by atoms with Crippen LogP contribution in [0.2, 0.25) is 0 Å². The van der Waals surface area contributed by atoms with Gasteiger partial charge in [-0.15, -0.1) is 10.2 Å². The normalized spacial score (nSPS) is 19.8. The third kappa shape index (κ3) is 3.49. The Balaban J connectivity index is 1.62. The summed E-state index contributed by atoms with van der Waals surface area (Å²) in [5.74, 6) is 1.18. The predicted octanol–water partition coefficient (Wildman–Crippen LogP) is 2.87. The summed E-state index contributed by atoms with van der Waals surface area (Å²) in [4.78, 5) is 0. The summed E-state index contributed by atoms with van der Waals surface area (Å²) >= 11 is 0. The lowest BCUT2D eigenvalue weighted by atomic mass is 10.1. The summed E-state index contributed by atoms with van der Waals surface area (Å²) in [6, 6.07) is 8.10. The fourth-order valence-corrected chi connectivity index (χ4v) is 2.42. The van der Waals surface area contributed by atoms with Gasteiger partial charge in [-0.3, -0.25) is 0 Å². The number of hydrogen-bond donors (Lipinski definition) is 1. The van der Waals surface area contributed by atoms with Crippen molar-refractivity contribution in [3.8, 4) is 11.5 Å². The second-order valence-corrected chi connectivity index (χ2v) is 5.58. The van der Waals surface area contributed by atoms with Crippen molar-refractivity contribution in [2.24, 2.45) is 0 Å². The van der Waals surface area contributed by atoms with Crippen LogP contribution in [0.3, 0.4) is 0 Å². The first-order valence-corrected chi connectivity index (χ1v) is 7.48. The van der Waals surface area contributed by atoms with Gasteiger partial charge in [-0.05, 0) is 38.8 Å². The van der Waals surface area contributed by atoms with E-state index in [2.05, 4.69) is 22.4 Å². The number of aromatic nitrogens is 2. The Morgan fingerprint density at radius 2 is 2.10 bits per heavy atom. The van der Waals surface area contributed by atoms with Crippen LogP contribution in [0, 0.1) is 6.92 Å². The molecule has 5 nitrogen and oxygen atoms in total. The van der Waals surface area contributed by atoms with Crippen LogP contribution in [0.15, 0.2) is 28.7 Å². The van der Waals surface area contributed by atoms with Crippen LogP contribution >= 0.6 is 0 Å². The van der Waals surface area contributed by atoms with Crippen molar-refractivity contribution in [1.29, 1.82) is 0 Å². The van der Waals surface area contributed by atoms with E-state index in [1.165, 1.54) is 5.56 Å². The SMILES string of the molecule is Cc1ccc(-c2nnc(C(C)NC[C@@H]3CCCO3)o2)cc1. The van der Waals surface area contributed by atoms with Crippen molar-refractivity contribution in [2.75, 3.05) is 13.2 Å². The van der Waals surface area contributed by atoms with Crippen LogP contribution in [0.1, 0.15) is 37.3 Å². The molecule has 21 heavy (non-hydrogen) atoms. The average Bonchev–Trinajstić information content (AvgIpc) is 3.17. The van der Waals surface area contributed by atoms with Gasteiger partial charge in [0.2, 0.25) is 11.8 Å². The van der Waals surface area contributed by atoms with Crippen LogP contribution in [-0.4, -0.2) is 29.5 Å². The second kappa shape index (κ2) is 6.37. The van der Waals surface area contributed by atoms with Crippen molar-refractivity contribution in [3.63, 3.8) is 0 Å². The molecule has 2 aromatic rings. The van der Waals surface area contributed by atoms with E-state index in [-0.39, 0.29) is 6.04 Å². The van der Waals surface area contributed by atoms with Crippen molar-refractivity contribution in [3.05, 3.63) is 35.7 Å². The average molecular weight is 287 g/mol. The Labute approximate surface area is 124 Å². The minimum Gasteiger partial charge on any atom is -0.419 e. The van der Waals surface area contributed by atoms with Gasteiger partial charge in [-0.2, -0.15) is 0 Å². The molecule has 0 aliphatic carbocycles. The summed E-state index contributed by atoms with van der Waals surface area (Å²) in [6.07, 6.45) is 2.59. The van der Waals surface area contributed by atoms with Crippen LogP contribution < -0.4 is 5.32 Å². The number of nitrogens with zero attached hydrogens (tertiary/aromatic N) is 2.